The fourth-order valence-electron chi connectivity index (χ4n) is 0.893. The van der Waals surface area contributed by atoms with Gasteiger partial charge in [0.15, 0.2) is 0 Å². The molecule has 0 aliphatic rings. The molecule has 66 valence electrons. The van der Waals surface area contributed by atoms with E-state index < -0.39 is 13.8 Å². The number of hydrogen-bond acceptors (Lipinski definition) is 4. The highest BCUT2D eigenvalue weighted by Gasteiger charge is 2.38. The van der Waals surface area contributed by atoms with Crippen LogP contribution in [-0.2, 0) is 14.6 Å². The molecule has 5 heteroatoms. The predicted octanol–water partition coefficient (Wildman–Crippen LogP) is 2.38. The van der Waals surface area contributed by atoms with E-state index in [1.807, 2.05) is 12.3 Å². The Labute approximate surface area is 77.0 Å². The van der Waals surface area contributed by atoms with Gasteiger partial charge in [-0.3, -0.25) is 0 Å². The van der Waals surface area contributed by atoms with E-state index in [2.05, 4.69) is 4.98 Å². The van der Waals surface area contributed by atoms with Gasteiger partial charge in [-0.2, -0.15) is 0 Å². The molecule has 1 rings (SSSR count). The van der Waals surface area contributed by atoms with E-state index in [-0.39, 0.29) is 0 Å². The Morgan fingerprint density at radius 2 is 2.58 bits per heavy atom. The minimum atomic E-state index is -0.714. The molecule has 0 aliphatic heterocycles. The highest BCUT2D eigenvalue weighted by Crippen LogP contribution is 2.35. The molecule has 0 saturated heterocycles. The summed E-state index contributed by atoms with van der Waals surface area (Å²) < 4.78 is 16.3. The minimum absolute atomic E-state index is 0.525. The average Bonchev–Trinajstić information content (AvgIpc) is 2.57. The first-order valence-electron chi connectivity index (χ1n) is 3.65. The van der Waals surface area contributed by atoms with Crippen molar-refractivity contribution in [2.45, 2.75) is 19.2 Å². The lowest BCUT2D eigenvalue weighted by atomic mass is 10.3. The molecule has 0 aromatic carbocycles. The van der Waals surface area contributed by atoms with Crippen LogP contribution in [0.25, 0.3) is 0 Å². The lowest BCUT2D eigenvalue weighted by Gasteiger charge is -2.12. The molecule has 3 nitrogen and oxygen atoms in total. The minimum Gasteiger partial charge on any atom is -0.328 e. The maximum atomic E-state index is 10.9. The second-order valence-corrected chi connectivity index (χ2v) is 4.32. The van der Waals surface area contributed by atoms with Crippen LogP contribution in [0.2, 0.25) is 0 Å². The standard InChI is InChI=1S/C7H10NO2PS/c1-3-10-7(2,11-9)6-4-12-5-8-6/h4-5H,3H2,1-2H3/p+1/t7-/m0/s1. The highest BCUT2D eigenvalue weighted by atomic mass is 32.1. The zero-order chi connectivity index (χ0) is 9.03. The molecule has 0 radical (unpaired) electrons. The van der Waals surface area contributed by atoms with Gasteiger partial charge in [0.05, 0.1) is 5.51 Å². The van der Waals surface area contributed by atoms with E-state index in [0.717, 1.165) is 5.69 Å². The predicted molar refractivity (Wildman–Crippen MR) is 50.1 cm³/mol. The molecule has 0 saturated carbocycles. The first kappa shape index (κ1) is 9.78. The normalized spacial score (nSPS) is 16.2. The van der Waals surface area contributed by atoms with Crippen molar-refractivity contribution in [2.24, 2.45) is 0 Å². The van der Waals surface area contributed by atoms with Gasteiger partial charge in [-0.25, -0.2) is 4.98 Å². The van der Waals surface area contributed by atoms with E-state index in [4.69, 9.17) is 4.74 Å². The van der Waals surface area contributed by atoms with Crippen molar-refractivity contribution in [3.8, 4) is 0 Å². The van der Waals surface area contributed by atoms with Crippen LogP contribution in [0.5, 0.6) is 0 Å². The molecule has 12 heavy (non-hydrogen) atoms. The Kier molecular flexibility index (Phi) is 3.32. The summed E-state index contributed by atoms with van der Waals surface area (Å²) in [7, 11) is -0.525. The number of rotatable bonds is 4. The van der Waals surface area contributed by atoms with Crippen LogP contribution in [0.15, 0.2) is 10.9 Å². The third kappa shape index (κ3) is 1.89. The van der Waals surface area contributed by atoms with Crippen molar-refractivity contribution >= 4 is 19.8 Å². The Morgan fingerprint density at radius 3 is 3.00 bits per heavy atom. The van der Waals surface area contributed by atoms with Gasteiger partial charge < -0.3 is 4.74 Å². The van der Waals surface area contributed by atoms with Gasteiger partial charge in [0.2, 0.25) is 0 Å². The molecule has 0 aliphatic carbocycles. The number of aromatic nitrogens is 1. The van der Waals surface area contributed by atoms with Crippen LogP contribution in [0.3, 0.4) is 0 Å². The molecule has 1 aromatic rings. The molecule has 0 spiro atoms. The lowest BCUT2D eigenvalue weighted by molar-refractivity contribution is 0.0385. The van der Waals surface area contributed by atoms with Crippen molar-refractivity contribution in [2.75, 3.05) is 6.61 Å². The second kappa shape index (κ2) is 4.08. The molecule has 1 unspecified atom stereocenters. The van der Waals surface area contributed by atoms with Gasteiger partial charge in [-0.1, -0.05) is 4.57 Å². The van der Waals surface area contributed by atoms with E-state index in [1.54, 1.807) is 12.4 Å². The van der Waals surface area contributed by atoms with E-state index in [9.17, 15) is 4.57 Å². The van der Waals surface area contributed by atoms with Crippen LogP contribution < -0.4 is 0 Å². The van der Waals surface area contributed by atoms with Crippen molar-refractivity contribution in [1.29, 1.82) is 0 Å². The third-order valence-electron chi connectivity index (χ3n) is 1.55. The summed E-state index contributed by atoms with van der Waals surface area (Å²) in [5.74, 6) is 0. The first-order chi connectivity index (χ1) is 5.73. The number of hydrogen-bond donors (Lipinski definition) is 0. The number of nitrogens with zero attached hydrogens (tertiary/aromatic N) is 1. The fourth-order valence-corrected chi connectivity index (χ4v) is 2.09. The van der Waals surface area contributed by atoms with Crippen LogP contribution in [0, 0.1) is 0 Å². The summed E-state index contributed by atoms with van der Waals surface area (Å²) in [6.45, 7) is 4.21. The van der Waals surface area contributed by atoms with Crippen LogP contribution in [0.4, 0.5) is 0 Å². The SMILES string of the molecule is CCO[C@@](C)([PH+]=O)c1cscn1. The third-order valence-corrected chi connectivity index (χ3v) is 2.93. The first-order valence-corrected chi connectivity index (χ1v) is 5.50. The van der Waals surface area contributed by atoms with Gasteiger partial charge in [0.25, 0.3) is 0 Å². The summed E-state index contributed by atoms with van der Waals surface area (Å²) >= 11 is 1.48. The number of thiazole rings is 1. The molecule has 1 aromatic heterocycles. The largest absolute Gasteiger partial charge is 0.366 e. The highest BCUT2D eigenvalue weighted by molar-refractivity contribution is 7.25. The lowest BCUT2D eigenvalue weighted by Crippen LogP contribution is -2.18. The quantitative estimate of drug-likeness (QED) is 0.707. The summed E-state index contributed by atoms with van der Waals surface area (Å²) in [5, 5.41) is 1.15. The van der Waals surface area contributed by atoms with Gasteiger partial charge >= 0.3 is 13.8 Å². The molecule has 2 atom stereocenters. The van der Waals surface area contributed by atoms with Gasteiger partial charge in [-0.15, -0.1) is 11.3 Å². The fraction of sp³-hybridized carbons (Fsp3) is 0.571. The Bertz CT molecular complexity index is 252. The molecule has 0 N–H and O–H groups in total. The van der Waals surface area contributed by atoms with Crippen molar-refractivity contribution in [3.63, 3.8) is 0 Å². The summed E-state index contributed by atoms with van der Waals surface area (Å²) in [6, 6.07) is 0. The Balaban J connectivity index is 2.87. The zero-order valence-electron chi connectivity index (χ0n) is 7.03. The molecule has 0 amide bonds. The number of ether oxygens (including phenoxy) is 1. The maximum absolute atomic E-state index is 10.9. The molecule has 0 fully saturated rings. The topological polar surface area (TPSA) is 39.2 Å². The average molecular weight is 204 g/mol. The zero-order valence-corrected chi connectivity index (χ0v) is 8.85. The van der Waals surface area contributed by atoms with Crippen LogP contribution >= 0.6 is 19.8 Å². The Hall–Kier alpha value is -0.310. The van der Waals surface area contributed by atoms with E-state index in [0.29, 0.717) is 6.61 Å². The molecular weight excluding hydrogens is 193 g/mol. The van der Waals surface area contributed by atoms with Crippen LogP contribution in [0.1, 0.15) is 19.5 Å². The maximum Gasteiger partial charge on any atom is 0.366 e. The summed E-state index contributed by atoms with van der Waals surface area (Å²) in [6.07, 6.45) is 0. The molecule has 1 heterocycles. The monoisotopic (exact) mass is 204 g/mol. The van der Waals surface area contributed by atoms with Gasteiger partial charge in [0, 0.05) is 18.9 Å². The van der Waals surface area contributed by atoms with E-state index in [1.165, 1.54) is 11.3 Å². The van der Waals surface area contributed by atoms with Crippen LogP contribution in [-0.4, -0.2) is 11.6 Å². The second-order valence-electron chi connectivity index (χ2n) is 2.44. The summed E-state index contributed by atoms with van der Waals surface area (Å²) in [4.78, 5) is 4.08. The molecule has 0 bridgehead atoms. The molecular formula is C7H11NO2PS+. The van der Waals surface area contributed by atoms with Crippen molar-refractivity contribution in [3.05, 3.63) is 16.6 Å². The van der Waals surface area contributed by atoms with Crippen molar-refractivity contribution in [1.82, 2.24) is 4.98 Å². The van der Waals surface area contributed by atoms with Crippen molar-refractivity contribution < 1.29 is 9.30 Å². The summed E-state index contributed by atoms with van der Waals surface area (Å²) in [5.41, 5.74) is 2.47. The van der Waals surface area contributed by atoms with E-state index >= 15 is 0 Å². The van der Waals surface area contributed by atoms with Gasteiger partial charge in [-0.05, 0) is 6.92 Å². The smallest absolute Gasteiger partial charge is 0.328 e. The van der Waals surface area contributed by atoms with Gasteiger partial charge in [0.1, 0.15) is 5.69 Å². The Morgan fingerprint density at radius 1 is 1.83 bits per heavy atom.